The Morgan fingerprint density at radius 1 is 0.864 bits per heavy atom. The molecule has 22 heavy (non-hydrogen) atoms. The molecule has 0 atom stereocenters. The maximum absolute atomic E-state index is 3.42. The molecule has 2 aromatic carbocycles. The first-order valence-corrected chi connectivity index (χ1v) is 8.48. The molecule has 1 fully saturated rings. The molecule has 1 aliphatic rings. The summed E-state index contributed by atoms with van der Waals surface area (Å²) in [6.45, 7) is 4.29. The average molecular weight is 309 g/mol. The Labute approximate surface area is 135 Å². The van der Waals surface area contributed by atoms with E-state index in [-0.39, 0.29) is 0 Å². The number of piperazine rings is 1. The van der Waals surface area contributed by atoms with E-state index in [4.69, 9.17) is 0 Å². The molecule has 0 unspecified atom stereocenters. The number of rotatable bonds is 3. The Kier molecular flexibility index (Phi) is 3.79. The molecule has 112 valence electrons. The fourth-order valence-electron chi connectivity index (χ4n) is 2.98. The zero-order valence-corrected chi connectivity index (χ0v) is 13.2. The van der Waals surface area contributed by atoms with Gasteiger partial charge in [0.15, 0.2) is 0 Å². The standard InChI is InChI=1S/C18H19N3S/c1-2-5-15(6-3-1)22-21-12-9-16-17(7-4-8-18(16)21)20-13-10-19-11-14-20/h1-9,12,19H,10-11,13-14H2. The van der Waals surface area contributed by atoms with Crippen LogP contribution >= 0.6 is 11.9 Å². The maximum Gasteiger partial charge on any atom is 0.0615 e. The monoisotopic (exact) mass is 309 g/mol. The van der Waals surface area contributed by atoms with Crippen LogP contribution in [0.15, 0.2) is 65.7 Å². The summed E-state index contributed by atoms with van der Waals surface area (Å²) in [6.07, 6.45) is 2.17. The zero-order valence-electron chi connectivity index (χ0n) is 12.4. The van der Waals surface area contributed by atoms with Gasteiger partial charge in [-0.25, -0.2) is 0 Å². The third-order valence-electron chi connectivity index (χ3n) is 4.08. The van der Waals surface area contributed by atoms with Crippen LogP contribution in [0.5, 0.6) is 0 Å². The Hall–Kier alpha value is -1.91. The van der Waals surface area contributed by atoms with E-state index in [0.29, 0.717) is 0 Å². The second-order valence-electron chi connectivity index (χ2n) is 5.49. The van der Waals surface area contributed by atoms with Crippen LogP contribution in [0.3, 0.4) is 0 Å². The van der Waals surface area contributed by atoms with E-state index in [2.05, 4.69) is 75.0 Å². The van der Waals surface area contributed by atoms with Crippen LogP contribution in [0, 0.1) is 0 Å². The van der Waals surface area contributed by atoms with E-state index in [1.54, 1.807) is 11.9 Å². The molecule has 3 nitrogen and oxygen atoms in total. The fraction of sp³-hybridized carbons (Fsp3) is 0.222. The van der Waals surface area contributed by atoms with Crippen LogP contribution in [0.4, 0.5) is 5.69 Å². The largest absolute Gasteiger partial charge is 0.368 e. The summed E-state index contributed by atoms with van der Waals surface area (Å²) < 4.78 is 2.26. The van der Waals surface area contributed by atoms with Gasteiger partial charge >= 0.3 is 0 Å². The van der Waals surface area contributed by atoms with Gasteiger partial charge in [0.1, 0.15) is 0 Å². The SMILES string of the molecule is c1ccc(Sn2ccc3c(N4CCNCC4)cccc32)cc1. The van der Waals surface area contributed by atoms with E-state index in [9.17, 15) is 0 Å². The van der Waals surface area contributed by atoms with Gasteiger partial charge in [-0.15, -0.1) is 0 Å². The van der Waals surface area contributed by atoms with Gasteiger partial charge in [0.2, 0.25) is 0 Å². The molecule has 0 aliphatic carbocycles. The topological polar surface area (TPSA) is 20.2 Å². The van der Waals surface area contributed by atoms with Crippen LogP contribution in [-0.4, -0.2) is 30.2 Å². The van der Waals surface area contributed by atoms with Gasteiger partial charge in [0.05, 0.1) is 5.52 Å². The van der Waals surface area contributed by atoms with Crippen LogP contribution in [0.2, 0.25) is 0 Å². The fourth-order valence-corrected chi connectivity index (χ4v) is 3.87. The van der Waals surface area contributed by atoms with Gasteiger partial charge in [-0.05, 0) is 42.3 Å². The lowest BCUT2D eigenvalue weighted by Gasteiger charge is -2.30. The summed E-state index contributed by atoms with van der Waals surface area (Å²) in [5, 5.41) is 4.76. The molecule has 3 aromatic rings. The predicted molar refractivity (Wildman–Crippen MR) is 94.7 cm³/mol. The van der Waals surface area contributed by atoms with Gasteiger partial charge < -0.3 is 10.2 Å². The summed E-state index contributed by atoms with van der Waals surface area (Å²) in [7, 11) is 0. The molecule has 0 amide bonds. The number of nitrogens with one attached hydrogen (secondary N) is 1. The van der Waals surface area contributed by atoms with Crippen LogP contribution in [0.25, 0.3) is 10.9 Å². The van der Waals surface area contributed by atoms with Crippen molar-refractivity contribution < 1.29 is 0 Å². The second-order valence-corrected chi connectivity index (χ2v) is 6.54. The summed E-state index contributed by atoms with van der Waals surface area (Å²) in [6, 6.07) is 19.4. The van der Waals surface area contributed by atoms with Crippen molar-refractivity contribution in [2.24, 2.45) is 0 Å². The van der Waals surface area contributed by atoms with E-state index < -0.39 is 0 Å². The Morgan fingerprint density at radius 2 is 1.68 bits per heavy atom. The number of nitrogens with zero attached hydrogens (tertiary/aromatic N) is 2. The summed E-state index contributed by atoms with van der Waals surface area (Å²) >= 11 is 1.76. The number of aromatic nitrogens is 1. The highest BCUT2D eigenvalue weighted by Gasteiger charge is 2.14. The zero-order chi connectivity index (χ0) is 14.8. The van der Waals surface area contributed by atoms with Crippen molar-refractivity contribution in [3.63, 3.8) is 0 Å². The number of anilines is 1. The van der Waals surface area contributed by atoms with Gasteiger partial charge in [-0.1, -0.05) is 24.3 Å². The lowest BCUT2D eigenvalue weighted by atomic mass is 10.2. The van der Waals surface area contributed by atoms with Gasteiger partial charge in [-0.2, -0.15) is 0 Å². The van der Waals surface area contributed by atoms with Gasteiger partial charge in [0.25, 0.3) is 0 Å². The Bertz CT molecular complexity index is 760. The molecule has 0 bridgehead atoms. The first kappa shape index (κ1) is 13.7. The van der Waals surface area contributed by atoms with E-state index in [0.717, 1.165) is 26.2 Å². The van der Waals surface area contributed by atoms with Crippen molar-refractivity contribution in [2.75, 3.05) is 31.1 Å². The first-order valence-electron chi connectivity index (χ1n) is 7.71. The number of fused-ring (bicyclic) bond motifs is 1. The smallest absolute Gasteiger partial charge is 0.0615 e. The van der Waals surface area contributed by atoms with Crippen LogP contribution in [-0.2, 0) is 0 Å². The quantitative estimate of drug-likeness (QED) is 0.798. The van der Waals surface area contributed by atoms with Crippen molar-refractivity contribution in [3.8, 4) is 0 Å². The van der Waals surface area contributed by atoms with Crippen molar-refractivity contribution in [1.29, 1.82) is 0 Å². The molecule has 1 N–H and O–H groups in total. The minimum atomic E-state index is 1.07. The molecular formula is C18H19N3S. The molecule has 4 rings (SSSR count). The minimum Gasteiger partial charge on any atom is -0.368 e. The third-order valence-corrected chi connectivity index (χ3v) is 5.08. The minimum absolute atomic E-state index is 1.07. The van der Waals surface area contributed by atoms with Crippen molar-refractivity contribution in [3.05, 3.63) is 60.8 Å². The molecule has 1 aromatic heterocycles. The summed E-state index contributed by atoms with van der Waals surface area (Å²) in [5.41, 5.74) is 2.64. The van der Waals surface area contributed by atoms with Crippen molar-refractivity contribution in [2.45, 2.75) is 4.90 Å². The lowest BCUT2D eigenvalue weighted by Crippen LogP contribution is -2.43. The van der Waals surface area contributed by atoms with Crippen molar-refractivity contribution in [1.82, 2.24) is 9.29 Å². The molecule has 0 radical (unpaired) electrons. The van der Waals surface area contributed by atoms with Crippen LogP contribution < -0.4 is 10.2 Å². The van der Waals surface area contributed by atoms with E-state index in [1.807, 2.05) is 0 Å². The second kappa shape index (κ2) is 6.07. The average Bonchev–Trinajstić information content (AvgIpc) is 3.00. The summed E-state index contributed by atoms with van der Waals surface area (Å²) in [4.78, 5) is 3.74. The normalized spacial score (nSPS) is 15.4. The molecule has 0 saturated carbocycles. The first-order chi connectivity index (χ1) is 10.9. The highest BCUT2D eigenvalue weighted by molar-refractivity contribution is 7.98. The maximum atomic E-state index is 3.42. The number of benzene rings is 2. The third kappa shape index (κ3) is 2.60. The predicted octanol–water partition coefficient (Wildman–Crippen LogP) is 3.61. The molecule has 0 spiro atoms. The van der Waals surface area contributed by atoms with E-state index >= 15 is 0 Å². The molecule has 1 saturated heterocycles. The molecule has 4 heteroatoms. The number of hydrogen-bond acceptors (Lipinski definition) is 3. The van der Waals surface area contributed by atoms with Crippen molar-refractivity contribution >= 4 is 28.5 Å². The molecule has 1 aliphatic heterocycles. The molecule has 2 heterocycles. The van der Waals surface area contributed by atoms with Gasteiger partial charge in [0, 0.05) is 48.3 Å². The van der Waals surface area contributed by atoms with E-state index in [1.165, 1.54) is 21.5 Å². The van der Waals surface area contributed by atoms with Crippen LogP contribution in [0.1, 0.15) is 0 Å². The highest BCUT2D eigenvalue weighted by Crippen LogP contribution is 2.32. The highest BCUT2D eigenvalue weighted by atomic mass is 32.2. The number of hydrogen-bond donors (Lipinski definition) is 1. The lowest BCUT2D eigenvalue weighted by molar-refractivity contribution is 0.590. The Balaban J connectivity index is 1.70. The molecular weight excluding hydrogens is 290 g/mol. The Morgan fingerprint density at radius 3 is 2.50 bits per heavy atom. The summed E-state index contributed by atoms with van der Waals surface area (Å²) in [5.74, 6) is 0. The van der Waals surface area contributed by atoms with Gasteiger partial charge in [-0.3, -0.25) is 3.97 Å².